The predicted octanol–water partition coefficient (Wildman–Crippen LogP) is 2.03. The van der Waals surface area contributed by atoms with Crippen molar-refractivity contribution in [1.82, 2.24) is 10.2 Å². The summed E-state index contributed by atoms with van der Waals surface area (Å²) >= 11 is 0. The third kappa shape index (κ3) is 4.35. The SMILES string of the molecule is CCN(C(=O)CN1CCC(C(=O)NC2CC2)CC1)c1ccccc1. The normalized spacial score (nSPS) is 19.0. The van der Waals surface area contributed by atoms with Crippen LogP contribution in [0.25, 0.3) is 0 Å². The highest BCUT2D eigenvalue weighted by molar-refractivity contribution is 5.94. The number of para-hydroxylation sites is 1. The molecule has 1 aromatic carbocycles. The summed E-state index contributed by atoms with van der Waals surface area (Å²) in [5.41, 5.74) is 0.948. The Labute approximate surface area is 144 Å². The number of carbonyl (C=O) groups excluding carboxylic acids is 2. The zero-order valence-electron chi connectivity index (χ0n) is 14.4. The van der Waals surface area contributed by atoms with Crippen LogP contribution in [0, 0.1) is 5.92 Å². The Morgan fingerprint density at radius 3 is 2.38 bits per heavy atom. The van der Waals surface area contributed by atoms with E-state index in [4.69, 9.17) is 0 Å². The lowest BCUT2D eigenvalue weighted by Gasteiger charge is -2.32. The molecule has 0 radical (unpaired) electrons. The van der Waals surface area contributed by atoms with E-state index in [2.05, 4.69) is 10.2 Å². The smallest absolute Gasteiger partial charge is 0.241 e. The van der Waals surface area contributed by atoms with Gasteiger partial charge in [-0.3, -0.25) is 14.5 Å². The first-order valence-electron chi connectivity index (χ1n) is 9.05. The van der Waals surface area contributed by atoms with Crippen molar-refractivity contribution >= 4 is 17.5 Å². The van der Waals surface area contributed by atoms with Crippen molar-refractivity contribution < 1.29 is 9.59 Å². The molecule has 0 atom stereocenters. The van der Waals surface area contributed by atoms with Crippen LogP contribution in [0.15, 0.2) is 30.3 Å². The zero-order chi connectivity index (χ0) is 16.9. The molecule has 0 bridgehead atoms. The largest absolute Gasteiger partial charge is 0.353 e. The number of anilines is 1. The predicted molar refractivity (Wildman–Crippen MR) is 94.8 cm³/mol. The van der Waals surface area contributed by atoms with Gasteiger partial charge in [-0.05, 0) is 57.8 Å². The van der Waals surface area contributed by atoms with Crippen LogP contribution in [0.5, 0.6) is 0 Å². The third-order valence-electron chi connectivity index (χ3n) is 4.93. The molecule has 0 unspecified atom stereocenters. The maximum absolute atomic E-state index is 12.6. The van der Waals surface area contributed by atoms with Gasteiger partial charge in [-0.15, -0.1) is 0 Å². The van der Waals surface area contributed by atoms with Crippen LogP contribution < -0.4 is 10.2 Å². The zero-order valence-corrected chi connectivity index (χ0v) is 14.4. The highest BCUT2D eigenvalue weighted by Gasteiger charge is 2.30. The van der Waals surface area contributed by atoms with Crippen LogP contribution in [-0.2, 0) is 9.59 Å². The Morgan fingerprint density at radius 1 is 1.12 bits per heavy atom. The number of benzene rings is 1. The number of amides is 2. The van der Waals surface area contributed by atoms with E-state index < -0.39 is 0 Å². The first-order valence-corrected chi connectivity index (χ1v) is 9.05. The Kier molecular flexibility index (Phi) is 5.51. The maximum atomic E-state index is 12.6. The van der Waals surface area contributed by atoms with Crippen molar-refractivity contribution in [3.63, 3.8) is 0 Å². The first-order chi connectivity index (χ1) is 11.7. The van der Waals surface area contributed by atoms with E-state index in [9.17, 15) is 9.59 Å². The average molecular weight is 329 g/mol. The van der Waals surface area contributed by atoms with Gasteiger partial charge in [0.05, 0.1) is 6.54 Å². The number of rotatable bonds is 6. The topological polar surface area (TPSA) is 52.7 Å². The number of hydrogen-bond acceptors (Lipinski definition) is 3. The second kappa shape index (κ2) is 7.79. The van der Waals surface area contributed by atoms with Crippen molar-refractivity contribution in [1.29, 1.82) is 0 Å². The molecule has 1 heterocycles. The molecule has 1 saturated heterocycles. The summed E-state index contributed by atoms with van der Waals surface area (Å²) in [4.78, 5) is 28.7. The van der Waals surface area contributed by atoms with Crippen LogP contribution in [0.4, 0.5) is 5.69 Å². The molecule has 0 aromatic heterocycles. The van der Waals surface area contributed by atoms with Gasteiger partial charge in [-0.25, -0.2) is 0 Å². The number of carbonyl (C=O) groups is 2. The fourth-order valence-electron chi connectivity index (χ4n) is 3.29. The molecule has 1 aliphatic carbocycles. The Morgan fingerprint density at radius 2 is 1.79 bits per heavy atom. The highest BCUT2D eigenvalue weighted by Crippen LogP contribution is 2.23. The molecule has 1 N–H and O–H groups in total. The van der Waals surface area contributed by atoms with Gasteiger partial charge in [0.1, 0.15) is 0 Å². The van der Waals surface area contributed by atoms with Crippen molar-refractivity contribution in [2.75, 3.05) is 31.1 Å². The van der Waals surface area contributed by atoms with Crippen molar-refractivity contribution in [3.8, 4) is 0 Å². The number of likely N-dealkylation sites (tertiary alicyclic amines) is 1. The molecule has 1 aliphatic heterocycles. The standard InChI is InChI=1S/C19H27N3O2/c1-2-22(17-6-4-3-5-7-17)18(23)14-21-12-10-15(11-13-21)19(24)20-16-8-9-16/h3-7,15-16H,2,8-14H2,1H3,(H,20,24). The minimum Gasteiger partial charge on any atom is -0.353 e. The van der Waals surface area contributed by atoms with Gasteiger partial charge in [0.2, 0.25) is 11.8 Å². The monoisotopic (exact) mass is 329 g/mol. The molecule has 2 fully saturated rings. The van der Waals surface area contributed by atoms with Gasteiger partial charge in [-0.2, -0.15) is 0 Å². The van der Waals surface area contributed by atoms with Gasteiger partial charge in [0, 0.05) is 24.2 Å². The Hall–Kier alpha value is -1.88. The molecule has 5 heteroatoms. The van der Waals surface area contributed by atoms with Crippen LogP contribution >= 0.6 is 0 Å². The molecule has 3 rings (SSSR count). The number of piperidine rings is 1. The summed E-state index contributed by atoms with van der Waals surface area (Å²) in [6, 6.07) is 10.2. The van der Waals surface area contributed by atoms with Crippen molar-refractivity contribution in [2.24, 2.45) is 5.92 Å². The van der Waals surface area contributed by atoms with E-state index in [-0.39, 0.29) is 17.7 Å². The second-order valence-electron chi connectivity index (χ2n) is 6.81. The summed E-state index contributed by atoms with van der Waals surface area (Å²) in [5, 5.41) is 3.10. The van der Waals surface area contributed by atoms with Crippen molar-refractivity contribution in [3.05, 3.63) is 30.3 Å². The van der Waals surface area contributed by atoms with Gasteiger partial charge < -0.3 is 10.2 Å². The van der Waals surface area contributed by atoms with Gasteiger partial charge >= 0.3 is 0 Å². The lowest BCUT2D eigenvalue weighted by Crippen LogP contribution is -2.46. The van der Waals surface area contributed by atoms with E-state index >= 15 is 0 Å². The molecule has 5 nitrogen and oxygen atoms in total. The molecule has 1 aromatic rings. The van der Waals surface area contributed by atoms with Gasteiger partial charge in [0.25, 0.3) is 0 Å². The highest BCUT2D eigenvalue weighted by atomic mass is 16.2. The van der Waals surface area contributed by atoms with Gasteiger partial charge in [-0.1, -0.05) is 18.2 Å². The summed E-state index contributed by atoms with van der Waals surface area (Å²) in [7, 11) is 0. The molecule has 130 valence electrons. The summed E-state index contributed by atoms with van der Waals surface area (Å²) in [6.45, 7) is 4.74. The van der Waals surface area contributed by atoms with Crippen LogP contribution in [0.3, 0.4) is 0 Å². The fraction of sp³-hybridized carbons (Fsp3) is 0.579. The molecule has 2 aliphatic rings. The maximum Gasteiger partial charge on any atom is 0.241 e. The van der Waals surface area contributed by atoms with Crippen molar-refractivity contribution in [2.45, 2.75) is 38.6 Å². The van der Waals surface area contributed by atoms with E-state index in [1.165, 1.54) is 0 Å². The fourth-order valence-corrected chi connectivity index (χ4v) is 3.29. The molecular formula is C19H27N3O2. The van der Waals surface area contributed by atoms with Crippen LogP contribution in [-0.4, -0.2) is 48.9 Å². The lowest BCUT2D eigenvalue weighted by molar-refractivity contribution is -0.126. The summed E-state index contributed by atoms with van der Waals surface area (Å²) < 4.78 is 0. The van der Waals surface area contributed by atoms with Crippen LogP contribution in [0.1, 0.15) is 32.6 Å². The van der Waals surface area contributed by atoms with E-state index in [1.807, 2.05) is 42.2 Å². The van der Waals surface area contributed by atoms with E-state index in [0.29, 0.717) is 19.1 Å². The quantitative estimate of drug-likeness (QED) is 0.869. The lowest BCUT2D eigenvalue weighted by atomic mass is 9.96. The summed E-state index contributed by atoms with van der Waals surface area (Å²) in [6.07, 6.45) is 3.96. The van der Waals surface area contributed by atoms with Crippen LogP contribution in [0.2, 0.25) is 0 Å². The second-order valence-corrected chi connectivity index (χ2v) is 6.81. The van der Waals surface area contributed by atoms with E-state index in [1.54, 1.807) is 0 Å². The van der Waals surface area contributed by atoms with Gasteiger partial charge in [0.15, 0.2) is 0 Å². The molecule has 2 amide bonds. The molecular weight excluding hydrogens is 302 g/mol. The number of nitrogens with zero attached hydrogens (tertiary/aromatic N) is 2. The Bertz CT molecular complexity index is 563. The average Bonchev–Trinajstić information content (AvgIpc) is 3.41. The number of hydrogen-bond donors (Lipinski definition) is 1. The number of likely N-dealkylation sites (N-methyl/N-ethyl adjacent to an activating group) is 1. The Balaban J connectivity index is 1.48. The number of nitrogens with one attached hydrogen (secondary N) is 1. The third-order valence-corrected chi connectivity index (χ3v) is 4.93. The summed E-state index contributed by atoms with van der Waals surface area (Å²) in [5.74, 6) is 0.459. The molecule has 24 heavy (non-hydrogen) atoms. The minimum absolute atomic E-state index is 0.119. The first kappa shape index (κ1) is 17.0. The minimum atomic E-state index is 0.119. The van der Waals surface area contributed by atoms with E-state index in [0.717, 1.165) is 44.5 Å². The molecule has 0 spiro atoms. The molecule has 1 saturated carbocycles.